The van der Waals surface area contributed by atoms with Gasteiger partial charge in [-0.1, -0.05) is 23.2 Å². The van der Waals surface area contributed by atoms with Gasteiger partial charge in [0.25, 0.3) is 0 Å². The molecule has 0 unspecified atom stereocenters. The van der Waals surface area contributed by atoms with Crippen LogP contribution in [-0.2, 0) is 0 Å². The summed E-state index contributed by atoms with van der Waals surface area (Å²) in [5.74, 6) is 0.0950. The number of ether oxygens (including phenoxy) is 1. The van der Waals surface area contributed by atoms with Gasteiger partial charge in [-0.25, -0.2) is 4.39 Å². The van der Waals surface area contributed by atoms with Crippen molar-refractivity contribution in [1.29, 1.82) is 0 Å². The third-order valence-electron chi connectivity index (χ3n) is 2.43. The molecule has 0 fully saturated rings. The van der Waals surface area contributed by atoms with Crippen molar-refractivity contribution < 1.29 is 9.13 Å². The summed E-state index contributed by atoms with van der Waals surface area (Å²) in [5, 5.41) is 4.14. The molecule has 0 aliphatic rings. The molecule has 2 nitrogen and oxygen atoms in total. The third-order valence-corrected chi connectivity index (χ3v) is 2.97. The van der Waals surface area contributed by atoms with Gasteiger partial charge in [-0.05, 0) is 42.5 Å². The summed E-state index contributed by atoms with van der Waals surface area (Å²) in [7, 11) is 0. The molecule has 2 aromatic carbocycles. The molecular weight excluding hydrogens is 288 g/mol. The summed E-state index contributed by atoms with van der Waals surface area (Å²) in [6, 6.07) is 11.4. The predicted molar refractivity (Wildman–Crippen MR) is 76.8 cm³/mol. The fourth-order valence-corrected chi connectivity index (χ4v) is 1.86. The number of nitrogens with one attached hydrogen (secondary N) is 1. The molecule has 0 spiro atoms. The Morgan fingerprint density at radius 1 is 1.05 bits per heavy atom. The summed E-state index contributed by atoms with van der Waals surface area (Å²) in [6.45, 7) is 1.03. The van der Waals surface area contributed by atoms with E-state index in [0.717, 1.165) is 5.69 Å². The Hall–Kier alpha value is -1.45. The minimum atomic E-state index is -0.378. The lowest BCUT2D eigenvalue weighted by Crippen LogP contribution is -2.11. The summed E-state index contributed by atoms with van der Waals surface area (Å²) in [6.07, 6.45) is 0. The van der Waals surface area contributed by atoms with Gasteiger partial charge in [0.05, 0.1) is 5.02 Å². The van der Waals surface area contributed by atoms with Gasteiger partial charge < -0.3 is 10.1 Å². The number of hydrogen-bond acceptors (Lipinski definition) is 2. The lowest BCUT2D eigenvalue weighted by Gasteiger charge is -2.09. The molecule has 0 bridgehead atoms. The zero-order chi connectivity index (χ0) is 13.7. The molecular formula is C14H12Cl2FNO. The lowest BCUT2D eigenvalue weighted by atomic mass is 10.3. The standard InChI is InChI=1S/C14H12Cl2FNO/c15-10-1-4-12(5-2-10)18-7-8-19-14-6-3-11(17)9-13(14)16/h1-6,9,18H,7-8H2. The minimum Gasteiger partial charge on any atom is -0.490 e. The second-order valence-corrected chi connectivity index (χ2v) is 4.70. The van der Waals surface area contributed by atoms with Crippen LogP contribution < -0.4 is 10.1 Å². The first-order valence-corrected chi connectivity index (χ1v) is 6.48. The van der Waals surface area contributed by atoms with E-state index in [4.69, 9.17) is 27.9 Å². The summed E-state index contributed by atoms with van der Waals surface area (Å²) >= 11 is 11.6. The molecule has 5 heteroatoms. The maximum atomic E-state index is 12.8. The maximum Gasteiger partial charge on any atom is 0.138 e. The Morgan fingerprint density at radius 2 is 1.79 bits per heavy atom. The van der Waals surface area contributed by atoms with Crippen LogP contribution in [0.1, 0.15) is 0 Å². The van der Waals surface area contributed by atoms with E-state index in [1.807, 2.05) is 24.3 Å². The molecule has 2 rings (SSSR count). The first kappa shape index (κ1) is 14.0. The van der Waals surface area contributed by atoms with E-state index in [-0.39, 0.29) is 10.8 Å². The summed E-state index contributed by atoms with van der Waals surface area (Å²) < 4.78 is 18.3. The highest BCUT2D eigenvalue weighted by molar-refractivity contribution is 6.32. The summed E-state index contributed by atoms with van der Waals surface area (Å²) in [4.78, 5) is 0. The average molecular weight is 300 g/mol. The fraction of sp³-hybridized carbons (Fsp3) is 0.143. The molecule has 0 aromatic heterocycles. The van der Waals surface area contributed by atoms with Crippen LogP contribution >= 0.6 is 23.2 Å². The van der Waals surface area contributed by atoms with Crippen LogP contribution in [0, 0.1) is 5.82 Å². The topological polar surface area (TPSA) is 21.3 Å². The highest BCUT2D eigenvalue weighted by atomic mass is 35.5. The van der Waals surface area contributed by atoms with Gasteiger partial charge in [-0.15, -0.1) is 0 Å². The third kappa shape index (κ3) is 4.30. The Kier molecular flexibility index (Phi) is 4.88. The Bertz CT molecular complexity index is 546. The molecule has 0 saturated heterocycles. The molecule has 2 aromatic rings. The van der Waals surface area contributed by atoms with Crippen LogP contribution in [0.4, 0.5) is 10.1 Å². The second kappa shape index (κ2) is 6.64. The zero-order valence-electron chi connectivity index (χ0n) is 10.00. The van der Waals surface area contributed by atoms with E-state index in [9.17, 15) is 4.39 Å². The number of anilines is 1. The van der Waals surface area contributed by atoms with Crippen molar-refractivity contribution in [3.05, 3.63) is 58.3 Å². The average Bonchev–Trinajstić information content (AvgIpc) is 2.39. The predicted octanol–water partition coefficient (Wildman–Crippen LogP) is 4.62. The van der Waals surface area contributed by atoms with E-state index in [0.29, 0.717) is 23.9 Å². The summed E-state index contributed by atoms with van der Waals surface area (Å²) in [5.41, 5.74) is 0.957. The highest BCUT2D eigenvalue weighted by Crippen LogP contribution is 2.24. The number of rotatable bonds is 5. The lowest BCUT2D eigenvalue weighted by molar-refractivity contribution is 0.332. The molecule has 0 atom stereocenters. The van der Waals surface area contributed by atoms with E-state index in [1.54, 1.807) is 0 Å². The van der Waals surface area contributed by atoms with E-state index >= 15 is 0 Å². The van der Waals surface area contributed by atoms with Crippen molar-refractivity contribution in [2.45, 2.75) is 0 Å². The number of hydrogen-bond donors (Lipinski definition) is 1. The normalized spacial score (nSPS) is 10.3. The van der Waals surface area contributed by atoms with Gasteiger partial charge in [0.1, 0.15) is 18.2 Å². The molecule has 19 heavy (non-hydrogen) atoms. The van der Waals surface area contributed by atoms with Crippen LogP contribution in [-0.4, -0.2) is 13.2 Å². The van der Waals surface area contributed by atoms with Gasteiger partial charge >= 0.3 is 0 Å². The van der Waals surface area contributed by atoms with Crippen molar-refractivity contribution in [1.82, 2.24) is 0 Å². The Labute approximate surface area is 121 Å². The molecule has 0 aliphatic carbocycles. The number of benzene rings is 2. The first-order valence-electron chi connectivity index (χ1n) is 5.72. The molecule has 0 aliphatic heterocycles. The van der Waals surface area contributed by atoms with Crippen LogP contribution in [0.3, 0.4) is 0 Å². The minimum absolute atomic E-state index is 0.270. The van der Waals surface area contributed by atoms with Crippen molar-refractivity contribution in [3.8, 4) is 5.75 Å². The van der Waals surface area contributed by atoms with Crippen molar-refractivity contribution >= 4 is 28.9 Å². The molecule has 0 amide bonds. The maximum absolute atomic E-state index is 12.8. The second-order valence-electron chi connectivity index (χ2n) is 3.86. The molecule has 1 N–H and O–H groups in total. The van der Waals surface area contributed by atoms with Gasteiger partial charge in [0.2, 0.25) is 0 Å². The molecule has 0 radical (unpaired) electrons. The smallest absolute Gasteiger partial charge is 0.138 e. The van der Waals surface area contributed by atoms with Crippen LogP contribution in [0.2, 0.25) is 10.0 Å². The molecule has 0 saturated carbocycles. The van der Waals surface area contributed by atoms with Gasteiger partial charge in [0.15, 0.2) is 0 Å². The Morgan fingerprint density at radius 3 is 2.47 bits per heavy atom. The fourth-order valence-electron chi connectivity index (χ4n) is 1.52. The largest absolute Gasteiger partial charge is 0.490 e. The van der Waals surface area contributed by atoms with E-state index in [2.05, 4.69) is 5.32 Å². The molecule has 0 heterocycles. The SMILES string of the molecule is Fc1ccc(OCCNc2ccc(Cl)cc2)c(Cl)c1. The first-order chi connectivity index (χ1) is 9.15. The van der Waals surface area contributed by atoms with E-state index in [1.165, 1.54) is 18.2 Å². The van der Waals surface area contributed by atoms with Crippen molar-refractivity contribution in [2.24, 2.45) is 0 Å². The molecule has 100 valence electrons. The monoisotopic (exact) mass is 299 g/mol. The highest BCUT2D eigenvalue weighted by Gasteiger charge is 2.02. The van der Waals surface area contributed by atoms with Gasteiger partial charge in [-0.3, -0.25) is 0 Å². The van der Waals surface area contributed by atoms with Gasteiger partial charge in [0, 0.05) is 17.3 Å². The Balaban J connectivity index is 1.79. The van der Waals surface area contributed by atoms with Gasteiger partial charge in [-0.2, -0.15) is 0 Å². The van der Waals surface area contributed by atoms with Crippen LogP contribution in [0.15, 0.2) is 42.5 Å². The van der Waals surface area contributed by atoms with Crippen LogP contribution in [0.5, 0.6) is 5.75 Å². The van der Waals surface area contributed by atoms with Crippen LogP contribution in [0.25, 0.3) is 0 Å². The van der Waals surface area contributed by atoms with E-state index < -0.39 is 0 Å². The zero-order valence-corrected chi connectivity index (χ0v) is 11.5. The van der Waals surface area contributed by atoms with Crippen molar-refractivity contribution in [2.75, 3.05) is 18.5 Å². The quantitative estimate of drug-likeness (QED) is 0.813. The number of halogens is 3. The van der Waals surface area contributed by atoms with Crippen molar-refractivity contribution in [3.63, 3.8) is 0 Å².